The van der Waals surface area contributed by atoms with E-state index in [2.05, 4.69) is 15.3 Å². The lowest BCUT2D eigenvalue weighted by molar-refractivity contribution is 0.216. The summed E-state index contributed by atoms with van der Waals surface area (Å²) in [7, 11) is 1.89. The first kappa shape index (κ1) is 11.3. The molecule has 1 fully saturated rings. The van der Waals surface area contributed by atoms with Gasteiger partial charge in [-0.2, -0.15) is 0 Å². The Morgan fingerprint density at radius 1 is 1.44 bits per heavy atom. The minimum atomic E-state index is 0.645. The van der Waals surface area contributed by atoms with E-state index in [1.807, 2.05) is 7.05 Å². The Labute approximate surface area is 96.4 Å². The molecule has 1 aromatic rings. The number of nitrogens with zero attached hydrogens (tertiary/aromatic N) is 2. The SMILES string of the molecule is CNCc1cncc(OCCC2CCC2)n1. The van der Waals surface area contributed by atoms with Crippen LogP contribution in [0.1, 0.15) is 31.4 Å². The van der Waals surface area contributed by atoms with Gasteiger partial charge in [0.15, 0.2) is 0 Å². The summed E-state index contributed by atoms with van der Waals surface area (Å²) in [5.74, 6) is 1.53. The first-order chi connectivity index (χ1) is 7.88. The fraction of sp³-hybridized carbons (Fsp3) is 0.667. The molecular weight excluding hydrogens is 202 g/mol. The van der Waals surface area contributed by atoms with Gasteiger partial charge in [-0.25, -0.2) is 4.98 Å². The highest BCUT2D eigenvalue weighted by atomic mass is 16.5. The van der Waals surface area contributed by atoms with Crippen molar-refractivity contribution in [2.24, 2.45) is 5.92 Å². The Hall–Kier alpha value is -1.16. The van der Waals surface area contributed by atoms with Crippen molar-refractivity contribution >= 4 is 0 Å². The van der Waals surface area contributed by atoms with E-state index in [-0.39, 0.29) is 0 Å². The van der Waals surface area contributed by atoms with E-state index in [0.717, 1.165) is 31.2 Å². The number of hydrogen-bond acceptors (Lipinski definition) is 4. The second-order valence-electron chi connectivity index (χ2n) is 4.31. The summed E-state index contributed by atoms with van der Waals surface area (Å²) in [4.78, 5) is 8.46. The predicted molar refractivity (Wildman–Crippen MR) is 62.2 cm³/mol. The van der Waals surface area contributed by atoms with Crippen LogP contribution in [0.15, 0.2) is 12.4 Å². The Kier molecular flexibility index (Phi) is 4.10. The fourth-order valence-electron chi connectivity index (χ4n) is 1.83. The van der Waals surface area contributed by atoms with Crippen LogP contribution < -0.4 is 10.1 Å². The number of nitrogens with one attached hydrogen (secondary N) is 1. The molecule has 1 aliphatic carbocycles. The van der Waals surface area contributed by atoms with Crippen LogP contribution in [0.2, 0.25) is 0 Å². The van der Waals surface area contributed by atoms with Gasteiger partial charge in [-0.15, -0.1) is 0 Å². The number of rotatable bonds is 6. The van der Waals surface area contributed by atoms with Crippen LogP contribution in [0, 0.1) is 5.92 Å². The van der Waals surface area contributed by atoms with E-state index in [1.165, 1.54) is 19.3 Å². The van der Waals surface area contributed by atoms with Crippen LogP contribution in [-0.4, -0.2) is 23.6 Å². The summed E-state index contributed by atoms with van der Waals surface area (Å²) >= 11 is 0. The van der Waals surface area contributed by atoms with E-state index in [1.54, 1.807) is 12.4 Å². The summed E-state index contributed by atoms with van der Waals surface area (Å²) in [6.07, 6.45) is 8.72. The van der Waals surface area contributed by atoms with Crippen molar-refractivity contribution in [2.75, 3.05) is 13.7 Å². The lowest BCUT2D eigenvalue weighted by Crippen LogP contribution is -2.15. The summed E-state index contributed by atoms with van der Waals surface area (Å²) < 4.78 is 5.60. The van der Waals surface area contributed by atoms with Crippen LogP contribution >= 0.6 is 0 Å². The van der Waals surface area contributed by atoms with E-state index < -0.39 is 0 Å². The highest BCUT2D eigenvalue weighted by Crippen LogP contribution is 2.29. The summed E-state index contributed by atoms with van der Waals surface area (Å²) in [6, 6.07) is 0. The van der Waals surface area contributed by atoms with Crippen LogP contribution in [-0.2, 0) is 6.54 Å². The Balaban J connectivity index is 1.76. The zero-order chi connectivity index (χ0) is 11.2. The van der Waals surface area contributed by atoms with Gasteiger partial charge in [0.25, 0.3) is 0 Å². The highest BCUT2D eigenvalue weighted by molar-refractivity contribution is 5.08. The maximum absolute atomic E-state index is 5.60. The molecule has 1 aliphatic rings. The highest BCUT2D eigenvalue weighted by Gasteiger charge is 2.16. The minimum absolute atomic E-state index is 0.645. The quantitative estimate of drug-likeness (QED) is 0.795. The molecule has 4 heteroatoms. The molecule has 0 radical (unpaired) electrons. The van der Waals surface area contributed by atoms with Gasteiger partial charge in [0.2, 0.25) is 5.88 Å². The summed E-state index contributed by atoms with van der Waals surface area (Å²) in [5, 5.41) is 3.05. The van der Waals surface area contributed by atoms with E-state index >= 15 is 0 Å². The Bertz CT molecular complexity index is 326. The van der Waals surface area contributed by atoms with Gasteiger partial charge >= 0.3 is 0 Å². The molecule has 0 saturated heterocycles. The average molecular weight is 221 g/mol. The molecule has 16 heavy (non-hydrogen) atoms. The largest absolute Gasteiger partial charge is 0.477 e. The molecule has 0 aliphatic heterocycles. The zero-order valence-corrected chi connectivity index (χ0v) is 9.78. The topological polar surface area (TPSA) is 47.0 Å². The third kappa shape index (κ3) is 3.17. The average Bonchev–Trinajstić information content (AvgIpc) is 2.23. The molecule has 0 atom stereocenters. The zero-order valence-electron chi connectivity index (χ0n) is 9.78. The first-order valence-corrected chi connectivity index (χ1v) is 5.97. The van der Waals surface area contributed by atoms with Crippen LogP contribution in [0.3, 0.4) is 0 Å². The van der Waals surface area contributed by atoms with Crippen molar-refractivity contribution in [1.82, 2.24) is 15.3 Å². The predicted octanol–water partition coefficient (Wildman–Crippen LogP) is 1.76. The van der Waals surface area contributed by atoms with Gasteiger partial charge in [0.05, 0.1) is 18.5 Å². The van der Waals surface area contributed by atoms with Crippen LogP contribution in [0.25, 0.3) is 0 Å². The second kappa shape index (κ2) is 5.80. The van der Waals surface area contributed by atoms with Gasteiger partial charge < -0.3 is 10.1 Å². The normalized spacial score (nSPS) is 15.8. The first-order valence-electron chi connectivity index (χ1n) is 5.97. The number of hydrogen-bond donors (Lipinski definition) is 1. The lowest BCUT2D eigenvalue weighted by Gasteiger charge is -2.24. The summed E-state index contributed by atoms with van der Waals surface area (Å²) in [5.41, 5.74) is 0.920. The van der Waals surface area contributed by atoms with Crippen molar-refractivity contribution in [2.45, 2.75) is 32.2 Å². The molecule has 0 amide bonds. The molecule has 0 unspecified atom stereocenters. The lowest BCUT2D eigenvalue weighted by atomic mass is 9.83. The van der Waals surface area contributed by atoms with Crippen molar-refractivity contribution in [3.63, 3.8) is 0 Å². The van der Waals surface area contributed by atoms with Crippen LogP contribution in [0.5, 0.6) is 5.88 Å². The second-order valence-corrected chi connectivity index (χ2v) is 4.31. The third-order valence-electron chi connectivity index (χ3n) is 3.02. The van der Waals surface area contributed by atoms with Gasteiger partial charge in [-0.1, -0.05) is 19.3 Å². The standard InChI is InChI=1S/C12H19N3O/c1-13-7-11-8-14-9-12(15-11)16-6-5-10-3-2-4-10/h8-10,13H,2-7H2,1H3. The van der Waals surface area contributed by atoms with Gasteiger partial charge in [-0.05, 0) is 19.4 Å². The molecule has 2 rings (SSSR count). The molecule has 88 valence electrons. The minimum Gasteiger partial charge on any atom is -0.477 e. The van der Waals surface area contributed by atoms with Crippen molar-refractivity contribution in [3.8, 4) is 5.88 Å². The van der Waals surface area contributed by atoms with Gasteiger partial charge in [0.1, 0.15) is 0 Å². The monoisotopic (exact) mass is 221 g/mol. The van der Waals surface area contributed by atoms with Gasteiger partial charge in [-0.3, -0.25) is 4.98 Å². The Morgan fingerprint density at radius 3 is 3.00 bits per heavy atom. The fourth-order valence-corrected chi connectivity index (χ4v) is 1.83. The summed E-state index contributed by atoms with van der Waals surface area (Å²) in [6.45, 7) is 1.50. The molecule has 0 bridgehead atoms. The van der Waals surface area contributed by atoms with Gasteiger partial charge in [0, 0.05) is 12.7 Å². The Morgan fingerprint density at radius 2 is 2.31 bits per heavy atom. The molecule has 0 aromatic carbocycles. The number of ether oxygens (including phenoxy) is 1. The molecule has 0 spiro atoms. The van der Waals surface area contributed by atoms with Crippen molar-refractivity contribution < 1.29 is 4.74 Å². The van der Waals surface area contributed by atoms with Crippen molar-refractivity contribution in [1.29, 1.82) is 0 Å². The van der Waals surface area contributed by atoms with E-state index in [4.69, 9.17) is 4.74 Å². The number of aromatic nitrogens is 2. The molecular formula is C12H19N3O. The molecule has 4 nitrogen and oxygen atoms in total. The van der Waals surface area contributed by atoms with E-state index in [9.17, 15) is 0 Å². The third-order valence-corrected chi connectivity index (χ3v) is 3.02. The van der Waals surface area contributed by atoms with E-state index in [0.29, 0.717) is 5.88 Å². The van der Waals surface area contributed by atoms with Crippen molar-refractivity contribution in [3.05, 3.63) is 18.1 Å². The molecule has 1 heterocycles. The maximum atomic E-state index is 5.60. The smallest absolute Gasteiger partial charge is 0.232 e. The molecule has 1 aromatic heterocycles. The molecule has 1 N–H and O–H groups in total. The maximum Gasteiger partial charge on any atom is 0.232 e. The molecule has 1 saturated carbocycles. The van der Waals surface area contributed by atoms with Crippen LogP contribution in [0.4, 0.5) is 0 Å².